The van der Waals surface area contributed by atoms with E-state index in [1.54, 1.807) is 6.20 Å². The van der Waals surface area contributed by atoms with Crippen molar-refractivity contribution in [3.8, 4) is 0 Å². The minimum Gasteiger partial charge on any atom is -0.383 e. The number of para-hydroxylation sites is 1. The molecule has 2 aromatic carbocycles. The Hall–Kier alpha value is -2.55. The summed E-state index contributed by atoms with van der Waals surface area (Å²) >= 11 is 0. The van der Waals surface area contributed by atoms with Crippen LogP contribution in [0, 0.1) is 13.8 Å². The predicted molar refractivity (Wildman–Crippen MR) is 83.4 cm³/mol. The molecule has 1 heterocycles. The lowest BCUT2D eigenvalue weighted by Crippen LogP contribution is -2.12. The number of aryl methyl sites for hydroxylation is 2. The molecule has 1 radical (unpaired) electrons. The molecule has 2 aromatic rings. The zero-order valence-electron chi connectivity index (χ0n) is 11.6. The van der Waals surface area contributed by atoms with E-state index in [-0.39, 0.29) is 0 Å². The molecule has 0 atom stereocenters. The van der Waals surface area contributed by atoms with Crippen molar-refractivity contribution in [1.29, 1.82) is 0 Å². The van der Waals surface area contributed by atoms with Gasteiger partial charge in [0.2, 0.25) is 0 Å². The molecule has 0 unspecified atom stereocenters. The Balaban J connectivity index is 1.98. The first kappa shape index (κ1) is 12.5. The van der Waals surface area contributed by atoms with Crippen LogP contribution in [0.4, 0.5) is 11.4 Å². The van der Waals surface area contributed by atoms with Crippen molar-refractivity contribution >= 4 is 22.8 Å². The molecule has 0 aliphatic carbocycles. The third-order valence-electron chi connectivity index (χ3n) is 3.40. The molecule has 3 rings (SSSR count). The van der Waals surface area contributed by atoms with Crippen molar-refractivity contribution in [3.63, 3.8) is 0 Å². The van der Waals surface area contributed by atoms with Gasteiger partial charge in [-0.15, -0.1) is 0 Å². The molecule has 3 heteroatoms. The number of fused-ring (bicyclic) bond motifs is 1. The Morgan fingerprint density at radius 1 is 1.10 bits per heavy atom. The third-order valence-corrected chi connectivity index (χ3v) is 3.40. The molecule has 1 aliphatic heterocycles. The van der Waals surface area contributed by atoms with E-state index in [4.69, 9.17) is 5.73 Å². The highest BCUT2D eigenvalue weighted by atomic mass is 14.9. The van der Waals surface area contributed by atoms with E-state index in [9.17, 15) is 0 Å². The molecular weight excluding hydrogens is 246 g/mol. The van der Waals surface area contributed by atoms with Gasteiger partial charge < -0.3 is 5.73 Å². The molecule has 0 saturated carbocycles. The van der Waals surface area contributed by atoms with Crippen LogP contribution < -0.4 is 11.1 Å². The Kier molecular flexibility index (Phi) is 3.03. The molecular formula is C17H16N3. The number of hydrogen-bond acceptors (Lipinski definition) is 1. The van der Waals surface area contributed by atoms with Crippen LogP contribution in [0.1, 0.15) is 16.7 Å². The zero-order chi connectivity index (χ0) is 14.1. The highest BCUT2D eigenvalue weighted by Crippen LogP contribution is 2.31. The molecule has 0 spiro atoms. The van der Waals surface area contributed by atoms with Crippen LogP contribution in [0.3, 0.4) is 0 Å². The largest absolute Gasteiger partial charge is 0.383 e. The molecule has 99 valence electrons. The molecule has 0 saturated heterocycles. The summed E-state index contributed by atoms with van der Waals surface area (Å²) in [6.45, 7) is 4.11. The van der Waals surface area contributed by atoms with E-state index in [1.807, 2.05) is 43.3 Å². The van der Waals surface area contributed by atoms with Gasteiger partial charge in [-0.25, -0.2) is 4.99 Å². The van der Waals surface area contributed by atoms with Gasteiger partial charge in [0.1, 0.15) is 5.84 Å². The molecule has 2 N–H and O–H groups in total. The Bertz CT molecular complexity index is 727. The molecule has 0 fully saturated rings. The van der Waals surface area contributed by atoms with Gasteiger partial charge in [-0.05, 0) is 31.5 Å². The fourth-order valence-corrected chi connectivity index (χ4v) is 2.34. The molecule has 3 nitrogen and oxygen atoms in total. The number of amidine groups is 1. The summed E-state index contributed by atoms with van der Waals surface area (Å²) in [6.07, 6.45) is 1.78. The van der Waals surface area contributed by atoms with Crippen molar-refractivity contribution in [3.05, 3.63) is 65.4 Å². The lowest BCUT2D eigenvalue weighted by atomic mass is 10.1. The van der Waals surface area contributed by atoms with Gasteiger partial charge in [-0.3, -0.25) is 5.32 Å². The molecule has 1 aliphatic rings. The number of aliphatic imine (C=N–C) groups is 1. The quantitative estimate of drug-likeness (QED) is 0.652. The second-order valence-corrected chi connectivity index (χ2v) is 4.98. The average Bonchev–Trinajstić information content (AvgIpc) is 2.86. The summed E-state index contributed by atoms with van der Waals surface area (Å²) in [6, 6.07) is 14.1. The number of nitrogens with zero attached hydrogens (tertiary/aromatic N) is 2. The summed E-state index contributed by atoms with van der Waals surface area (Å²) in [5.74, 6) is 0.505. The lowest BCUT2D eigenvalue weighted by molar-refractivity contribution is 1.22. The maximum atomic E-state index is 6.15. The molecule has 20 heavy (non-hydrogen) atoms. The number of rotatable bonds is 2. The first-order chi connectivity index (χ1) is 9.65. The maximum absolute atomic E-state index is 6.15. The van der Waals surface area contributed by atoms with E-state index >= 15 is 0 Å². The fourth-order valence-electron chi connectivity index (χ4n) is 2.34. The van der Waals surface area contributed by atoms with Gasteiger partial charge in [0.15, 0.2) is 0 Å². The van der Waals surface area contributed by atoms with Crippen LogP contribution >= 0.6 is 0 Å². The summed E-state index contributed by atoms with van der Waals surface area (Å²) in [5, 5.41) is 4.36. The minimum atomic E-state index is 0.505. The fraction of sp³-hybridized carbons (Fsp3) is 0.118. The van der Waals surface area contributed by atoms with Crippen molar-refractivity contribution < 1.29 is 0 Å². The normalized spacial score (nSPS) is 13.7. The minimum absolute atomic E-state index is 0.505. The molecule has 0 aromatic heterocycles. The zero-order valence-corrected chi connectivity index (χ0v) is 11.6. The van der Waals surface area contributed by atoms with Crippen LogP contribution in [0.2, 0.25) is 0 Å². The van der Waals surface area contributed by atoms with Gasteiger partial charge in [0, 0.05) is 17.3 Å². The smallest absolute Gasteiger partial charge is 0.133 e. The average molecular weight is 262 g/mol. The van der Waals surface area contributed by atoms with Crippen LogP contribution in [0.5, 0.6) is 0 Å². The van der Waals surface area contributed by atoms with Gasteiger partial charge in [-0.1, -0.05) is 35.9 Å². The summed E-state index contributed by atoms with van der Waals surface area (Å²) in [7, 11) is 0. The van der Waals surface area contributed by atoms with Gasteiger partial charge in [-0.2, -0.15) is 0 Å². The summed E-state index contributed by atoms with van der Waals surface area (Å²) < 4.78 is 0. The van der Waals surface area contributed by atoms with Crippen molar-refractivity contribution in [1.82, 2.24) is 5.32 Å². The van der Waals surface area contributed by atoms with Crippen molar-refractivity contribution in [2.45, 2.75) is 13.8 Å². The van der Waals surface area contributed by atoms with Crippen LogP contribution in [-0.4, -0.2) is 5.84 Å². The Labute approximate surface area is 118 Å². The van der Waals surface area contributed by atoms with Crippen LogP contribution in [-0.2, 0) is 0 Å². The standard InChI is InChI=1S/C17H16N3/c1-11-7-8-15(12(2)9-11)20-17(18)14-10-19-16-6-4-3-5-13(14)16/h3-10H,1-2H3,(H2,18,20). The van der Waals surface area contributed by atoms with Crippen LogP contribution in [0.15, 0.2) is 53.7 Å². The van der Waals surface area contributed by atoms with Crippen molar-refractivity contribution in [2.75, 3.05) is 0 Å². The second-order valence-electron chi connectivity index (χ2n) is 4.98. The summed E-state index contributed by atoms with van der Waals surface area (Å²) in [5.41, 5.74) is 12.3. The van der Waals surface area contributed by atoms with E-state index in [0.717, 1.165) is 28.1 Å². The Morgan fingerprint density at radius 3 is 2.70 bits per heavy atom. The lowest BCUT2D eigenvalue weighted by Gasteiger charge is -2.06. The second kappa shape index (κ2) is 4.85. The molecule has 0 amide bonds. The number of hydrogen-bond donors (Lipinski definition) is 1. The van der Waals surface area contributed by atoms with Crippen LogP contribution in [0.25, 0.3) is 5.57 Å². The van der Waals surface area contributed by atoms with E-state index in [2.05, 4.69) is 23.3 Å². The predicted octanol–water partition coefficient (Wildman–Crippen LogP) is 3.58. The van der Waals surface area contributed by atoms with Gasteiger partial charge in [0.25, 0.3) is 0 Å². The van der Waals surface area contributed by atoms with Gasteiger partial charge >= 0.3 is 0 Å². The number of nitrogens with two attached hydrogens (primary N) is 1. The van der Waals surface area contributed by atoms with E-state index in [0.29, 0.717) is 5.84 Å². The summed E-state index contributed by atoms with van der Waals surface area (Å²) in [4.78, 5) is 4.55. The SMILES string of the molecule is Cc1ccc(N=C(N)C2=C[N]c3ccccc32)c(C)c1. The highest BCUT2D eigenvalue weighted by Gasteiger charge is 2.17. The first-order valence-electron chi connectivity index (χ1n) is 6.57. The maximum Gasteiger partial charge on any atom is 0.133 e. The Morgan fingerprint density at radius 2 is 1.90 bits per heavy atom. The van der Waals surface area contributed by atoms with E-state index in [1.165, 1.54) is 5.56 Å². The monoisotopic (exact) mass is 262 g/mol. The van der Waals surface area contributed by atoms with E-state index < -0.39 is 0 Å². The van der Waals surface area contributed by atoms with Gasteiger partial charge in [0.05, 0.1) is 11.4 Å². The number of benzene rings is 2. The van der Waals surface area contributed by atoms with Crippen molar-refractivity contribution in [2.24, 2.45) is 10.7 Å². The molecule has 0 bridgehead atoms. The third kappa shape index (κ3) is 2.18. The topological polar surface area (TPSA) is 52.5 Å². The highest BCUT2D eigenvalue weighted by molar-refractivity contribution is 6.24. The first-order valence-corrected chi connectivity index (χ1v) is 6.57.